The van der Waals surface area contributed by atoms with Gasteiger partial charge >= 0.3 is 0 Å². The summed E-state index contributed by atoms with van der Waals surface area (Å²) in [6.45, 7) is 12.4. The van der Waals surface area contributed by atoms with Crippen LogP contribution in [0.1, 0.15) is 48.8 Å². The maximum absolute atomic E-state index is 12.3. The lowest BCUT2D eigenvalue weighted by Crippen LogP contribution is -2.29. The summed E-state index contributed by atoms with van der Waals surface area (Å²) in [4.78, 5) is 16.3. The second-order valence-electron chi connectivity index (χ2n) is 8.41. The van der Waals surface area contributed by atoms with E-state index in [2.05, 4.69) is 79.0 Å². The molecule has 140 valence electrons. The topological polar surface area (TPSA) is 32.3 Å². The van der Waals surface area contributed by atoms with Crippen LogP contribution in [0.3, 0.4) is 0 Å². The normalized spacial score (nSPS) is 14.3. The van der Waals surface area contributed by atoms with Crippen molar-refractivity contribution < 1.29 is 4.79 Å². The average molecular weight is 435 g/mol. The van der Waals surface area contributed by atoms with Crippen LogP contribution >= 0.6 is 27.3 Å². The van der Waals surface area contributed by atoms with E-state index >= 15 is 0 Å². The highest BCUT2D eigenvalue weighted by atomic mass is 79.9. The van der Waals surface area contributed by atoms with Gasteiger partial charge in [-0.15, -0.1) is 11.3 Å². The van der Waals surface area contributed by atoms with Crippen molar-refractivity contribution in [2.75, 3.05) is 16.8 Å². The number of fused-ring (bicyclic) bond motifs is 1. The second-order valence-corrected chi connectivity index (χ2v) is 10.9. The van der Waals surface area contributed by atoms with Gasteiger partial charge in [0.05, 0.1) is 3.79 Å². The average Bonchev–Trinajstić information content (AvgIpc) is 2.88. The second kappa shape index (κ2) is 7.35. The Hall–Kier alpha value is -1.33. The minimum absolute atomic E-state index is 0.00779. The third-order valence-electron chi connectivity index (χ3n) is 4.67. The van der Waals surface area contributed by atoms with Crippen molar-refractivity contribution in [1.82, 2.24) is 0 Å². The molecule has 0 saturated carbocycles. The highest BCUT2D eigenvalue weighted by molar-refractivity contribution is 9.11. The molecule has 1 N–H and O–H groups in total. The number of amides is 1. The summed E-state index contributed by atoms with van der Waals surface area (Å²) in [6.07, 6.45) is 1.61. The molecule has 1 aliphatic heterocycles. The van der Waals surface area contributed by atoms with Gasteiger partial charge < -0.3 is 10.2 Å². The van der Waals surface area contributed by atoms with Gasteiger partial charge in [0.25, 0.3) is 0 Å². The van der Waals surface area contributed by atoms with Crippen LogP contribution in [0, 0.1) is 19.3 Å². The largest absolute Gasteiger partial charge is 0.367 e. The molecule has 0 fully saturated rings. The minimum Gasteiger partial charge on any atom is -0.367 e. The Morgan fingerprint density at radius 1 is 1.23 bits per heavy atom. The Morgan fingerprint density at radius 3 is 2.50 bits per heavy atom. The third-order valence-corrected chi connectivity index (χ3v) is 6.41. The van der Waals surface area contributed by atoms with E-state index in [9.17, 15) is 4.79 Å². The predicted octanol–water partition coefficient (Wildman–Crippen LogP) is 6.06. The van der Waals surface area contributed by atoms with Gasteiger partial charge in [0.15, 0.2) is 0 Å². The summed E-state index contributed by atoms with van der Waals surface area (Å²) in [5, 5.41) is 3.12. The lowest BCUT2D eigenvalue weighted by Gasteiger charge is -2.30. The summed E-state index contributed by atoms with van der Waals surface area (Å²) in [5.74, 6) is 0.0854. The molecule has 5 heteroatoms. The highest BCUT2D eigenvalue weighted by Crippen LogP contribution is 2.35. The number of hydrogen-bond donors (Lipinski definition) is 1. The van der Waals surface area contributed by atoms with Gasteiger partial charge in [0.2, 0.25) is 5.91 Å². The molecule has 0 saturated heterocycles. The predicted molar refractivity (Wildman–Crippen MR) is 115 cm³/mol. The summed E-state index contributed by atoms with van der Waals surface area (Å²) in [5.41, 5.74) is 5.86. The van der Waals surface area contributed by atoms with Crippen molar-refractivity contribution in [3.8, 4) is 0 Å². The molecule has 3 rings (SSSR count). The number of nitrogens with zero attached hydrogens (tertiary/aromatic N) is 1. The van der Waals surface area contributed by atoms with E-state index in [0.717, 1.165) is 36.3 Å². The van der Waals surface area contributed by atoms with Crippen molar-refractivity contribution in [1.29, 1.82) is 0 Å². The van der Waals surface area contributed by atoms with Crippen LogP contribution in [0.2, 0.25) is 0 Å². The number of hydrogen-bond acceptors (Lipinski definition) is 3. The van der Waals surface area contributed by atoms with Gasteiger partial charge in [-0.2, -0.15) is 0 Å². The fourth-order valence-corrected chi connectivity index (χ4v) is 5.25. The van der Waals surface area contributed by atoms with Gasteiger partial charge in [-0.3, -0.25) is 4.79 Å². The van der Waals surface area contributed by atoms with Crippen LogP contribution in [0.4, 0.5) is 11.4 Å². The number of rotatable bonds is 3. The molecule has 0 bridgehead atoms. The first kappa shape index (κ1) is 19.4. The van der Waals surface area contributed by atoms with Crippen LogP contribution in [0.25, 0.3) is 0 Å². The quantitative estimate of drug-likeness (QED) is 0.635. The number of thiophene rings is 1. The van der Waals surface area contributed by atoms with Crippen molar-refractivity contribution in [2.24, 2.45) is 5.41 Å². The van der Waals surface area contributed by atoms with Crippen molar-refractivity contribution >= 4 is 44.5 Å². The Balaban J connectivity index is 1.78. The number of carbonyl (C=O) groups excluding carboxylic acids is 1. The standard InChI is InChI=1S/C21H27BrN2OS/c1-13-8-16(24-7-6-17-15(12-24)10-18(22)26-17)9-14(2)20(13)23-19(25)11-21(3,4)5/h8-10H,6-7,11-12H2,1-5H3,(H,23,25). The van der Waals surface area contributed by atoms with Crippen LogP contribution in [-0.2, 0) is 17.8 Å². The zero-order valence-corrected chi connectivity index (χ0v) is 18.6. The third kappa shape index (κ3) is 4.49. The minimum atomic E-state index is -0.00779. The molecule has 1 aromatic heterocycles. The molecule has 2 heterocycles. The van der Waals surface area contributed by atoms with Crippen molar-refractivity contribution in [3.05, 3.63) is 43.6 Å². The molecule has 0 unspecified atom stereocenters. The zero-order valence-electron chi connectivity index (χ0n) is 16.2. The van der Waals surface area contributed by atoms with E-state index < -0.39 is 0 Å². The van der Waals surface area contributed by atoms with Gasteiger partial charge in [-0.1, -0.05) is 20.8 Å². The van der Waals surface area contributed by atoms with Crippen molar-refractivity contribution in [3.63, 3.8) is 0 Å². The maximum Gasteiger partial charge on any atom is 0.224 e. The number of benzene rings is 1. The Bertz CT molecular complexity index is 812. The van der Waals surface area contributed by atoms with Crippen LogP contribution < -0.4 is 10.2 Å². The van der Waals surface area contributed by atoms with Gasteiger partial charge in [0.1, 0.15) is 0 Å². The Labute approximate surface area is 168 Å². The number of carbonyl (C=O) groups is 1. The summed E-state index contributed by atoms with van der Waals surface area (Å²) in [6, 6.07) is 6.64. The molecule has 3 nitrogen and oxygen atoms in total. The Kier molecular flexibility index (Phi) is 5.50. The van der Waals surface area contributed by atoms with Gasteiger partial charge in [-0.25, -0.2) is 0 Å². The van der Waals surface area contributed by atoms with Crippen LogP contribution in [0.15, 0.2) is 22.0 Å². The number of anilines is 2. The first-order valence-corrected chi connectivity index (χ1v) is 10.7. The lowest BCUT2D eigenvalue weighted by molar-refractivity contribution is -0.117. The molecule has 0 atom stereocenters. The first-order chi connectivity index (χ1) is 12.1. The van der Waals surface area contributed by atoms with Gasteiger partial charge in [-0.05, 0) is 76.5 Å². The molecule has 1 amide bonds. The molecule has 1 aromatic carbocycles. The van der Waals surface area contributed by atoms with Crippen molar-refractivity contribution in [2.45, 2.75) is 54.0 Å². The monoisotopic (exact) mass is 434 g/mol. The molecular formula is C21H27BrN2OS. The molecule has 26 heavy (non-hydrogen) atoms. The van der Waals surface area contributed by atoms with Crippen LogP contribution in [0.5, 0.6) is 0 Å². The molecular weight excluding hydrogens is 408 g/mol. The number of halogens is 1. The van der Waals surface area contributed by atoms with E-state index in [-0.39, 0.29) is 11.3 Å². The smallest absolute Gasteiger partial charge is 0.224 e. The summed E-state index contributed by atoms with van der Waals surface area (Å²) in [7, 11) is 0. The maximum atomic E-state index is 12.3. The van der Waals surface area contributed by atoms with E-state index in [0.29, 0.717) is 6.42 Å². The van der Waals surface area contributed by atoms with E-state index in [1.165, 1.54) is 19.9 Å². The highest BCUT2D eigenvalue weighted by Gasteiger charge is 2.21. The van der Waals surface area contributed by atoms with Gasteiger partial charge in [0, 0.05) is 35.8 Å². The zero-order chi connectivity index (χ0) is 19.1. The number of nitrogens with one attached hydrogen (secondary N) is 1. The SMILES string of the molecule is Cc1cc(N2CCc3sc(Br)cc3C2)cc(C)c1NC(=O)CC(C)(C)C. The molecule has 2 aromatic rings. The summed E-state index contributed by atoms with van der Waals surface area (Å²) >= 11 is 5.45. The molecule has 1 aliphatic rings. The molecule has 0 spiro atoms. The first-order valence-electron chi connectivity index (χ1n) is 9.05. The Morgan fingerprint density at radius 2 is 1.88 bits per heavy atom. The fourth-order valence-electron chi connectivity index (χ4n) is 3.50. The summed E-state index contributed by atoms with van der Waals surface area (Å²) < 4.78 is 1.22. The molecule has 0 radical (unpaired) electrons. The fraction of sp³-hybridized carbons (Fsp3) is 0.476. The molecule has 0 aliphatic carbocycles. The van der Waals surface area contributed by atoms with E-state index in [1.54, 1.807) is 0 Å². The number of aryl methyl sites for hydroxylation is 2. The van der Waals surface area contributed by atoms with E-state index in [1.807, 2.05) is 11.3 Å². The van der Waals surface area contributed by atoms with Crippen LogP contribution in [-0.4, -0.2) is 12.5 Å². The lowest BCUT2D eigenvalue weighted by atomic mass is 9.92. The van der Waals surface area contributed by atoms with E-state index in [4.69, 9.17) is 0 Å².